The summed E-state index contributed by atoms with van der Waals surface area (Å²) < 4.78 is 0. The van der Waals surface area contributed by atoms with Crippen LogP contribution in [-0.4, -0.2) is 5.78 Å². The van der Waals surface area contributed by atoms with Crippen LogP contribution in [0, 0.1) is 6.92 Å². The van der Waals surface area contributed by atoms with Crippen LogP contribution in [-0.2, 0) is 0 Å². The summed E-state index contributed by atoms with van der Waals surface area (Å²) in [6.45, 7) is 2.02. The second-order valence-corrected chi connectivity index (χ2v) is 4.50. The van der Waals surface area contributed by atoms with E-state index in [9.17, 15) is 4.79 Å². The van der Waals surface area contributed by atoms with Gasteiger partial charge in [0.2, 0.25) is 0 Å². The fraction of sp³-hybridized carbons (Fsp3) is 0.0625. The molecule has 18 heavy (non-hydrogen) atoms. The molecule has 0 atom stereocenters. The lowest BCUT2D eigenvalue weighted by Gasteiger charge is -1.99. The molecule has 0 heterocycles. The highest BCUT2D eigenvalue weighted by Crippen LogP contribution is 2.16. The summed E-state index contributed by atoms with van der Waals surface area (Å²) in [7, 11) is 0. The topological polar surface area (TPSA) is 17.1 Å². The van der Waals surface area contributed by atoms with Crippen LogP contribution < -0.4 is 0 Å². The minimum Gasteiger partial charge on any atom is -0.289 e. The van der Waals surface area contributed by atoms with E-state index in [1.54, 1.807) is 30.4 Å². The molecule has 0 aliphatic carbocycles. The number of rotatable bonds is 3. The van der Waals surface area contributed by atoms with Crippen LogP contribution in [0.1, 0.15) is 21.5 Å². The molecule has 0 spiro atoms. The van der Waals surface area contributed by atoms with Gasteiger partial charge in [0.05, 0.1) is 5.02 Å². The molecule has 0 amide bonds. The van der Waals surface area contributed by atoms with Crippen molar-refractivity contribution < 1.29 is 4.79 Å². The molecule has 2 heteroatoms. The Balaban J connectivity index is 2.20. The molecule has 2 aromatic rings. The predicted molar refractivity (Wildman–Crippen MR) is 76.0 cm³/mol. The summed E-state index contributed by atoms with van der Waals surface area (Å²) in [5.41, 5.74) is 2.71. The molecule has 0 radical (unpaired) electrons. The first-order valence-electron chi connectivity index (χ1n) is 5.70. The number of carbonyl (C=O) groups excluding carboxylic acids is 1. The molecule has 0 saturated carbocycles. The van der Waals surface area contributed by atoms with Crippen molar-refractivity contribution in [3.8, 4) is 0 Å². The van der Waals surface area contributed by atoms with Gasteiger partial charge in [-0.3, -0.25) is 4.79 Å². The van der Waals surface area contributed by atoms with E-state index in [0.717, 1.165) is 5.56 Å². The van der Waals surface area contributed by atoms with Gasteiger partial charge in [-0.15, -0.1) is 0 Å². The third-order valence-corrected chi connectivity index (χ3v) is 2.94. The molecule has 0 aliphatic heterocycles. The third-order valence-electron chi connectivity index (χ3n) is 2.61. The van der Waals surface area contributed by atoms with E-state index in [1.165, 1.54) is 5.56 Å². The van der Waals surface area contributed by atoms with Crippen molar-refractivity contribution in [2.45, 2.75) is 6.92 Å². The van der Waals surface area contributed by atoms with Crippen molar-refractivity contribution >= 4 is 23.5 Å². The summed E-state index contributed by atoms with van der Waals surface area (Å²) in [6.07, 6.45) is 3.36. The predicted octanol–water partition coefficient (Wildman–Crippen LogP) is 4.54. The first-order chi connectivity index (χ1) is 8.66. The molecule has 90 valence electrons. The van der Waals surface area contributed by atoms with Crippen LogP contribution in [0.25, 0.3) is 6.08 Å². The molecule has 0 saturated heterocycles. The minimum absolute atomic E-state index is 0.0814. The van der Waals surface area contributed by atoms with Gasteiger partial charge in [0, 0.05) is 5.56 Å². The van der Waals surface area contributed by atoms with Crippen molar-refractivity contribution in [3.05, 3.63) is 76.3 Å². The second kappa shape index (κ2) is 5.65. The summed E-state index contributed by atoms with van der Waals surface area (Å²) in [5.74, 6) is -0.0814. The number of aryl methyl sites for hydroxylation is 1. The van der Waals surface area contributed by atoms with E-state index in [2.05, 4.69) is 0 Å². The average Bonchev–Trinajstić information content (AvgIpc) is 2.37. The lowest BCUT2D eigenvalue weighted by molar-refractivity contribution is 0.104. The van der Waals surface area contributed by atoms with Crippen LogP contribution in [0.2, 0.25) is 5.02 Å². The van der Waals surface area contributed by atoms with E-state index in [0.29, 0.717) is 10.6 Å². The molecule has 0 bridgehead atoms. The Morgan fingerprint density at radius 2 is 1.89 bits per heavy atom. The number of benzene rings is 2. The summed E-state index contributed by atoms with van der Waals surface area (Å²) in [5, 5.41) is 0.483. The fourth-order valence-electron chi connectivity index (χ4n) is 1.70. The zero-order chi connectivity index (χ0) is 13.0. The molecule has 1 nitrogen and oxygen atoms in total. The maximum Gasteiger partial charge on any atom is 0.187 e. The maximum atomic E-state index is 12.0. The van der Waals surface area contributed by atoms with Crippen molar-refractivity contribution in [1.82, 2.24) is 0 Å². The lowest BCUT2D eigenvalue weighted by Crippen LogP contribution is -1.94. The van der Waals surface area contributed by atoms with Crippen LogP contribution in [0.15, 0.2) is 54.6 Å². The van der Waals surface area contributed by atoms with Gasteiger partial charge in [-0.25, -0.2) is 0 Å². The fourth-order valence-corrected chi connectivity index (χ4v) is 1.93. The number of allylic oxidation sites excluding steroid dienone is 1. The highest BCUT2D eigenvalue weighted by atomic mass is 35.5. The van der Waals surface area contributed by atoms with Gasteiger partial charge in [0.1, 0.15) is 0 Å². The number of ketones is 1. The summed E-state index contributed by atoms with van der Waals surface area (Å²) >= 11 is 5.97. The summed E-state index contributed by atoms with van der Waals surface area (Å²) in [4.78, 5) is 12.0. The Bertz CT molecular complexity index is 600. The highest BCUT2D eigenvalue weighted by molar-refractivity contribution is 6.34. The number of hydrogen-bond donors (Lipinski definition) is 0. The molecule has 2 aromatic carbocycles. The Labute approximate surface area is 112 Å². The van der Waals surface area contributed by atoms with Crippen molar-refractivity contribution in [1.29, 1.82) is 0 Å². The standard InChI is InChI=1S/C16H13ClO/c1-12-5-4-6-13(11-12)9-10-16(18)14-7-2-3-8-15(14)17/h2-11H,1H3. The SMILES string of the molecule is Cc1cccc(C=CC(=O)c2ccccc2Cl)c1. The zero-order valence-electron chi connectivity index (χ0n) is 10.1. The largest absolute Gasteiger partial charge is 0.289 e. The third kappa shape index (κ3) is 3.08. The Hall–Kier alpha value is -1.86. The number of hydrogen-bond acceptors (Lipinski definition) is 1. The monoisotopic (exact) mass is 256 g/mol. The molecule has 0 unspecified atom stereocenters. The van der Waals surface area contributed by atoms with Gasteiger partial charge < -0.3 is 0 Å². The number of halogens is 1. The van der Waals surface area contributed by atoms with Crippen molar-refractivity contribution in [3.63, 3.8) is 0 Å². The normalized spacial score (nSPS) is 10.8. The van der Waals surface area contributed by atoms with Gasteiger partial charge in [-0.1, -0.05) is 59.6 Å². The Morgan fingerprint density at radius 3 is 2.61 bits per heavy atom. The molecule has 0 N–H and O–H groups in total. The molecule has 0 aromatic heterocycles. The lowest BCUT2D eigenvalue weighted by atomic mass is 10.1. The van der Waals surface area contributed by atoms with E-state index >= 15 is 0 Å². The minimum atomic E-state index is -0.0814. The molecule has 0 aliphatic rings. The van der Waals surface area contributed by atoms with E-state index in [-0.39, 0.29) is 5.78 Å². The van der Waals surface area contributed by atoms with Crippen LogP contribution in [0.3, 0.4) is 0 Å². The molecule has 0 fully saturated rings. The maximum absolute atomic E-state index is 12.0. The molecular formula is C16H13ClO. The van der Waals surface area contributed by atoms with E-state index in [1.807, 2.05) is 37.3 Å². The second-order valence-electron chi connectivity index (χ2n) is 4.09. The van der Waals surface area contributed by atoms with Crippen LogP contribution in [0.4, 0.5) is 0 Å². The van der Waals surface area contributed by atoms with Crippen LogP contribution in [0.5, 0.6) is 0 Å². The summed E-state index contributed by atoms with van der Waals surface area (Å²) in [6, 6.07) is 15.0. The van der Waals surface area contributed by atoms with Gasteiger partial charge in [0.15, 0.2) is 5.78 Å². The Kier molecular flexibility index (Phi) is 3.96. The first-order valence-corrected chi connectivity index (χ1v) is 6.08. The quantitative estimate of drug-likeness (QED) is 0.582. The smallest absolute Gasteiger partial charge is 0.187 e. The van der Waals surface area contributed by atoms with E-state index < -0.39 is 0 Å². The van der Waals surface area contributed by atoms with Gasteiger partial charge in [0.25, 0.3) is 0 Å². The van der Waals surface area contributed by atoms with Crippen molar-refractivity contribution in [2.24, 2.45) is 0 Å². The van der Waals surface area contributed by atoms with Gasteiger partial charge >= 0.3 is 0 Å². The van der Waals surface area contributed by atoms with Crippen molar-refractivity contribution in [2.75, 3.05) is 0 Å². The molecular weight excluding hydrogens is 244 g/mol. The van der Waals surface area contributed by atoms with Gasteiger partial charge in [-0.05, 0) is 30.7 Å². The van der Waals surface area contributed by atoms with Gasteiger partial charge in [-0.2, -0.15) is 0 Å². The van der Waals surface area contributed by atoms with E-state index in [4.69, 9.17) is 11.6 Å². The Morgan fingerprint density at radius 1 is 1.11 bits per heavy atom. The molecule has 2 rings (SSSR count). The highest BCUT2D eigenvalue weighted by Gasteiger charge is 2.05. The van der Waals surface area contributed by atoms with Crippen LogP contribution >= 0.6 is 11.6 Å². The average molecular weight is 257 g/mol. The first kappa shape index (κ1) is 12.6. The zero-order valence-corrected chi connectivity index (χ0v) is 10.8. The number of carbonyl (C=O) groups is 1.